The van der Waals surface area contributed by atoms with Gasteiger partial charge in [0.05, 0.1) is 11.3 Å². The summed E-state index contributed by atoms with van der Waals surface area (Å²) in [6.45, 7) is 3.74. The number of nitrogens with zero attached hydrogens (tertiary/aromatic N) is 1. The molecule has 0 saturated carbocycles. The fourth-order valence-corrected chi connectivity index (χ4v) is 3.35. The van der Waals surface area contributed by atoms with E-state index in [-0.39, 0.29) is 5.91 Å². The third-order valence-corrected chi connectivity index (χ3v) is 4.44. The Morgan fingerprint density at radius 3 is 3.21 bits per heavy atom. The van der Waals surface area contributed by atoms with Crippen LogP contribution in [0.2, 0.25) is 0 Å². The monoisotopic (exact) mass is 279 g/mol. The molecule has 2 N–H and O–H groups in total. The highest BCUT2D eigenvalue weighted by Crippen LogP contribution is 2.22. The number of nitrogens with one attached hydrogen (secondary N) is 2. The SMILES string of the molecule is CCCNc1ccncc1C(=O)NCC1CCSC1. The Labute approximate surface area is 118 Å². The zero-order valence-electron chi connectivity index (χ0n) is 11.3. The van der Waals surface area contributed by atoms with Gasteiger partial charge in [0.15, 0.2) is 0 Å². The molecule has 5 heteroatoms. The Bertz CT molecular complexity index is 419. The molecule has 19 heavy (non-hydrogen) atoms. The predicted octanol–water partition coefficient (Wildman–Crippen LogP) is 2.39. The number of carbonyl (C=O) groups excluding carboxylic acids is 1. The highest BCUT2D eigenvalue weighted by Gasteiger charge is 2.17. The van der Waals surface area contributed by atoms with Gasteiger partial charge in [-0.25, -0.2) is 0 Å². The molecule has 1 saturated heterocycles. The van der Waals surface area contributed by atoms with Gasteiger partial charge in [-0.2, -0.15) is 11.8 Å². The van der Waals surface area contributed by atoms with E-state index in [2.05, 4.69) is 22.5 Å². The van der Waals surface area contributed by atoms with Crippen LogP contribution in [0.25, 0.3) is 0 Å². The molecule has 1 aromatic rings. The molecule has 0 aliphatic carbocycles. The Hall–Kier alpha value is -1.23. The highest BCUT2D eigenvalue weighted by atomic mass is 32.2. The molecular weight excluding hydrogens is 258 g/mol. The molecule has 1 unspecified atom stereocenters. The summed E-state index contributed by atoms with van der Waals surface area (Å²) in [7, 11) is 0. The molecule has 2 rings (SSSR count). The maximum atomic E-state index is 12.2. The van der Waals surface area contributed by atoms with Gasteiger partial charge in [0.1, 0.15) is 0 Å². The van der Waals surface area contributed by atoms with E-state index in [1.54, 1.807) is 12.4 Å². The Morgan fingerprint density at radius 1 is 1.58 bits per heavy atom. The summed E-state index contributed by atoms with van der Waals surface area (Å²) in [6, 6.07) is 1.86. The van der Waals surface area contributed by atoms with Crippen molar-refractivity contribution < 1.29 is 4.79 Å². The molecule has 1 aliphatic heterocycles. The summed E-state index contributed by atoms with van der Waals surface area (Å²) in [5.74, 6) is 2.98. The summed E-state index contributed by atoms with van der Waals surface area (Å²) in [5, 5.41) is 6.29. The molecule has 4 nitrogen and oxygen atoms in total. The van der Waals surface area contributed by atoms with E-state index in [4.69, 9.17) is 0 Å². The second kappa shape index (κ2) is 7.38. The number of thioether (sulfide) groups is 1. The van der Waals surface area contributed by atoms with Gasteiger partial charge in [0.2, 0.25) is 0 Å². The quantitative estimate of drug-likeness (QED) is 0.839. The van der Waals surface area contributed by atoms with Crippen LogP contribution in [0.5, 0.6) is 0 Å². The minimum Gasteiger partial charge on any atom is -0.384 e. The van der Waals surface area contributed by atoms with Crippen LogP contribution in [0.3, 0.4) is 0 Å². The van der Waals surface area contributed by atoms with Gasteiger partial charge >= 0.3 is 0 Å². The Morgan fingerprint density at radius 2 is 2.47 bits per heavy atom. The Kier molecular flexibility index (Phi) is 5.51. The second-order valence-electron chi connectivity index (χ2n) is 4.79. The van der Waals surface area contributed by atoms with Crippen LogP contribution in [-0.4, -0.2) is 35.5 Å². The fourth-order valence-electron chi connectivity index (χ4n) is 2.07. The summed E-state index contributed by atoms with van der Waals surface area (Å²) in [5.41, 5.74) is 1.51. The van der Waals surface area contributed by atoms with E-state index in [1.165, 1.54) is 12.2 Å². The maximum absolute atomic E-state index is 12.2. The summed E-state index contributed by atoms with van der Waals surface area (Å²) in [6.07, 6.45) is 5.58. The number of hydrogen-bond donors (Lipinski definition) is 2. The van der Waals surface area contributed by atoms with Crippen molar-refractivity contribution in [3.63, 3.8) is 0 Å². The van der Waals surface area contributed by atoms with Crippen LogP contribution < -0.4 is 10.6 Å². The maximum Gasteiger partial charge on any atom is 0.254 e. The zero-order chi connectivity index (χ0) is 13.5. The number of carbonyl (C=O) groups is 1. The number of rotatable bonds is 6. The molecule has 1 aromatic heterocycles. The number of anilines is 1. The van der Waals surface area contributed by atoms with Crippen molar-refractivity contribution in [3.05, 3.63) is 24.0 Å². The number of amides is 1. The van der Waals surface area contributed by atoms with Crippen LogP contribution in [-0.2, 0) is 0 Å². The normalized spacial score (nSPS) is 18.3. The van der Waals surface area contributed by atoms with Gasteiger partial charge in [-0.1, -0.05) is 6.92 Å². The smallest absolute Gasteiger partial charge is 0.254 e. The van der Waals surface area contributed by atoms with Crippen LogP contribution in [0, 0.1) is 5.92 Å². The first kappa shape index (κ1) is 14.2. The van der Waals surface area contributed by atoms with Crippen molar-refractivity contribution in [2.75, 3.05) is 29.9 Å². The molecule has 1 fully saturated rings. The lowest BCUT2D eigenvalue weighted by Crippen LogP contribution is -2.30. The molecule has 0 spiro atoms. The first-order valence-electron chi connectivity index (χ1n) is 6.85. The Balaban J connectivity index is 1.93. The first-order valence-corrected chi connectivity index (χ1v) is 8.00. The zero-order valence-corrected chi connectivity index (χ0v) is 12.1. The third-order valence-electron chi connectivity index (χ3n) is 3.21. The molecule has 0 aromatic carbocycles. The third kappa shape index (κ3) is 4.13. The van der Waals surface area contributed by atoms with E-state index in [0.29, 0.717) is 11.5 Å². The standard InChI is InChI=1S/C14H21N3OS/c1-2-5-16-13-3-6-15-9-12(13)14(18)17-8-11-4-7-19-10-11/h3,6,9,11H,2,4-5,7-8,10H2,1H3,(H,15,16)(H,17,18). The summed E-state index contributed by atoms with van der Waals surface area (Å²) < 4.78 is 0. The van der Waals surface area contributed by atoms with E-state index in [0.717, 1.165) is 31.0 Å². The van der Waals surface area contributed by atoms with E-state index in [9.17, 15) is 4.79 Å². The number of pyridine rings is 1. The average molecular weight is 279 g/mol. The van der Waals surface area contributed by atoms with Gasteiger partial charge in [0, 0.05) is 25.5 Å². The summed E-state index contributed by atoms with van der Waals surface area (Å²) in [4.78, 5) is 16.2. The van der Waals surface area contributed by atoms with Crippen molar-refractivity contribution in [1.82, 2.24) is 10.3 Å². The average Bonchev–Trinajstić information content (AvgIpc) is 2.96. The molecule has 0 radical (unpaired) electrons. The van der Waals surface area contributed by atoms with Crippen molar-refractivity contribution >= 4 is 23.4 Å². The van der Waals surface area contributed by atoms with Crippen molar-refractivity contribution in [2.45, 2.75) is 19.8 Å². The van der Waals surface area contributed by atoms with E-state index < -0.39 is 0 Å². The van der Waals surface area contributed by atoms with Crippen LogP contribution in [0.4, 0.5) is 5.69 Å². The lowest BCUT2D eigenvalue weighted by atomic mass is 10.1. The van der Waals surface area contributed by atoms with Crippen molar-refractivity contribution in [1.29, 1.82) is 0 Å². The minimum atomic E-state index is -0.0244. The van der Waals surface area contributed by atoms with Gasteiger partial charge < -0.3 is 10.6 Å². The summed E-state index contributed by atoms with van der Waals surface area (Å²) >= 11 is 1.97. The largest absolute Gasteiger partial charge is 0.384 e. The van der Waals surface area contributed by atoms with Gasteiger partial charge in [-0.15, -0.1) is 0 Å². The van der Waals surface area contributed by atoms with Crippen LogP contribution >= 0.6 is 11.8 Å². The van der Waals surface area contributed by atoms with Gasteiger partial charge in [-0.05, 0) is 36.3 Å². The predicted molar refractivity (Wildman–Crippen MR) is 80.8 cm³/mol. The fraction of sp³-hybridized carbons (Fsp3) is 0.571. The lowest BCUT2D eigenvalue weighted by Gasteiger charge is -2.13. The van der Waals surface area contributed by atoms with E-state index in [1.807, 2.05) is 17.8 Å². The van der Waals surface area contributed by atoms with Gasteiger partial charge in [-0.3, -0.25) is 9.78 Å². The molecular formula is C14H21N3OS. The number of aromatic nitrogens is 1. The lowest BCUT2D eigenvalue weighted by molar-refractivity contribution is 0.0949. The molecule has 1 amide bonds. The molecule has 0 bridgehead atoms. The van der Waals surface area contributed by atoms with E-state index >= 15 is 0 Å². The van der Waals surface area contributed by atoms with Crippen LogP contribution in [0.15, 0.2) is 18.5 Å². The topological polar surface area (TPSA) is 54.0 Å². The highest BCUT2D eigenvalue weighted by molar-refractivity contribution is 7.99. The second-order valence-corrected chi connectivity index (χ2v) is 5.94. The number of hydrogen-bond acceptors (Lipinski definition) is 4. The van der Waals surface area contributed by atoms with Crippen molar-refractivity contribution in [3.8, 4) is 0 Å². The first-order chi connectivity index (χ1) is 9.31. The van der Waals surface area contributed by atoms with Crippen molar-refractivity contribution in [2.24, 2.45) is 5.92 Å². The molecule has 1 aliphatic rings. The van der Waals surface area contributed by atoms with Crippen LogP contribution in [0.1, 0.15) is 30.1 Å². The molecule has 1 atom stereocenters. The van der Waals surface area contributed by atoms with Gasteiger partial charge in [0.25, 0.3) is 5.91 Å². The molecule has 2 heterocycles. The molecule has 104 valence electrons. The minimum absolute atomic E-state index is 0.0244.